The van der Waals surface area contributed by atoms with Gasteiger partial charge in [0.1, 0.15) is 11.4 Å². The fourth-order valence-corrected chi connectivity index (χ4v) is 2.87. The van der Waals surface area contributed by atoms with Gasteiger partial charge in [0.2, 0.25) is 17.6 Å². The summed E-state index contributed by atoms with van der Waals surface area (Å²) in [5, 5.41) is 25.1. The zero-order valence-electron chi connectivity index (χ0n) is 14.8. The van der Waals surface area contributed by atoms with Crippen LogP contribution in [0.3, 0.4) is 0 Å². The third kappa shape index (κ3) is 4.49. The third-order valence-corrected chi connectivity index (χ3v) is 4.37. The van der Waals surface area contributed by atoms with Crippen LogP contribution in [0.5, 0.6) is 5.75 Å². The van der Waals surface area contributed by atoms with Gasteiger partial charge in [-0.15, -0.1) is 0 Å². The zero-order chi connectivity index (χ0) is 19.4. The number of carbonyl (C=O) groups excluding carboxylic acids is 1. The van der Waals surface area contributed by atoms with Crippen molar-refractivity contribution in [1.29, 1.82) is 0 Å². The second-order valence-electron chi connectivity index (χ2n) is 6.48. The Morgan fingerprint density at radius 1 is 1.30 bits per heavy atom. The van der Waals surface area contributed by atoms with Crippen LogP contribution in [-0.4, -0.2) is 37.2 Å². The van der Waals surface area contributed by atoms with Crippen LogP contribution in [0, 0.1) is 5.92 Å². The van der Waals surface area contributed by atoms with Crippen molar-refractivity contribution in [2.24, 2.45) is 5.92 Å². The molecule has 1 aliphatic rings. The molecule has 0 fully saturated rings. The number of pyridine rings is 1. The molecule has 9 nitrogen and oxygen atoms in total. The Morgan fingerprint density at radius 2 is 2.07 bits per heavy atom. The molecular formula is C18H20N4O5. The molecule has 27 heavy (non-hydrogen) atoms. The van der Waals surface area contributed by atoms with Crippen molar-refractivity contribution in [3.63, 3.8) is 0 Å². The van der Waals surface area contributed by atoms with Crippen molar-refractivity contribution in [3.8, 4) is 17.3 Å². The SMILES string of the molecule is C[C@@H](Cc1nc(-c2ccc(O)cn2)no1)C(=O)NC1=C(C(=O)O)CCCC1. The van der Waals surface area contributed by atoms with E-state index in [1.807, 2.05) is 0 Å². The van der Waals surface area contributed by atoms with E-state index in [-0.39, 0.29) is 35.4 Å². The molecule has 1 aliphatic carbocycles. The molecule has 0 aliphatic heterocycles. The lowest BCUT2D eigenvalue weighted by Gasteiger charge is -2.20. The summed E-state index contributed by atoms with van der Waals surface area (Å²) in [7, 11) is 0. The lowest BCUT2D eigenvalue weighted by atomic mass is 9.95. The number of aliphatic carboxylic acids is 1. The van der Waals surface area contributed by atoms with Gasteiger partial charge in [-0.05, 0) is 37.8 Å². The van der Waals surface area contributed by atoms with Gasteiger partial charge in [0, 0.05) is 18.0 Å². The first-order valence-corrected chi connectivity index (χ1v) is 8.68. The number of carbonyl (C=O) groups is 2. The highest BCUT2D eigenvalue weighted by atomic mass is 16.5. The molecule has 0 spiro atoms. The molecule has 1 atom stereocenters. The highest BCUT2D eigenvalue weighted by Crippen LogP contribution is 2.24. The van der Waals surface area contributed by atoms with Crippen molar-refractivity contribution in [1.82, 2.24) is 20.4 Å². The molecule has 0 unspecified atom stereocenters. The summed E-state index contributed by atoms with van der Waals surface area (Å²) < 4.78 is 5.17. The molecule has 3 rings (SSSR count). The Morgan fingerprint density at radius 3 is 2.78 bits per heavy atom. The number of hydrogen-bond acceptors (Lipinski definition) is 7. The maximum Gasteiger partial charge on any atom is 0.333 e. The molecule has 0 aromatic carbocycles. The fraction of sp³-hybridized carbons (Fsp3) is 0.389. The average molecular weight is 372 g/mol. The molecule has 0 bridgehead atoms. The van der Waals surface area contributed by atoms with E-state index in [4.69, 9.17) is 4.52 Å². The summed E-state index contributed by atoms with van der Waals surface area (Å²) in [5.41, 5.74) is 1.21. The largest absolute Gasteiger partial charge is 0.506 e. The first-order chi connectivity index (χ1) is 12.9. The minimum atomic E-state index is -0.986. The number of nitrogens with one attached hydrogen (secondary N) is 1. The van der Waals surface area contributed by atoms with Crippen LogP contribution in [0.4, 0.5) is 0 Å². The molecule has 142 valence electrons. The van der Waals surface area contributed by atoms with Gasteiger partial charge in [-0.3, -0.25) is 4.79 Å². The van der Waals surface area contributed by atoms with E-state index in [0.717, 1.165) is 12.8 Å². The molecule has 2 aromatic heterocycles. The van der Waals surface area contributed by atoms with Crippen LogP contribution >= 0.6 is 0 Å². The maximum atomic E-state index is 12.4. The molecule has 3 N–H and O–H groups in total. The van der Waals surface area contributed by atoms with Gasteiger partial charge in [0.15, 0.2) is 0 Å². The molecule has 9 heteroatoms. The van der Waals surface area contributed by atoms with E-state index >= 15 is 0 Å². The first-order valence-electron chi connectivity index (χ1n) is 8.68. The van der Waals surface area contributed by atoms with Crippen LogP contribution in [0.15, 0.2) is 34.1 Å². The summed E-state index contributed by atoms with van der Waals surface area (Å²) in [6.45, 7) is 1.71. The quantitative estimate of drug-likeness (QED) is 0.700. The van der Waals surface area contributed by atoms with Gasteiger partial charge in [0.05, 0.1) is 11.8 Å². The van der Waals surface area contributed by atoms with E-state index < -0.39 is 11.9 Å². The Bertz CT molecular complexity index is 872. The monoisotopic (exact) mass is 372 g/mol. The summed E-state index contributed by atoms with van der Waals surface area (Å²) in [4.78, 5) is 31.9. The van der Waals surface area contributed by atoms with Crippen molar-refractivity contribution in [3.05, 3.63) is 35.5 Å². The van der Waals surface area contributed by atoms with Crippen LogP contribution in [0.1, 0.15) is 38.5 Å². The second-order valence-corrected chi connectivity index (χ2v) is 6.48. The number of carboxylic acid groups (broad SMARTS) is 1. The zero-order valence-corrected chi connectivity index (χ0v) is 14.8. The average Bonchev–Trinajstić information content (AvgIpc) is 3.11. The number of hydrogen-bond donors (Lipinski definition) is 3. The number of rotatable bonds is 6. The van der Waals surface area contributed by atoms with E-state index in [1.165, 1.54) is 12.3 Å². The highest BCUT2D eigenvalue weighted by Gasteiger charge is 2.23. The van der Waals surface area contributed by atoms with E-state index in [0.29, 0.717) is 24.2 Å². The number of amides is 1. The summed E-state index contributed by atoms with van der Waals surface area (Å²) in [5.74, 6) is -1.17. The summed E-state index contributed by atoms with van der Waals surface area (Å²) in [6.07, 6.45) is 4.18. The predicted molar refractivity (Wildman–Crippen MR) is 93.3 cm³/mol. The van der Waals surface area contributed by atoms with Crippen molar-refractivity contribution in [2.75, 3.05) is 0 Å². The van der Waals surface area contributed by atoms with E-state index in [9.17, 15) is 19.8 Å². The van der Waals surface area contributed by atoms with E-state index in [2.05, 4.69) is 20.4 Å². The number of allylic oxidation sites excluding steroid dienone is 1. The van der Waals surface area contributed by atoms with Gasteiger partial charge < -0.3 is 20.1 Å². The molecule has 0 saturated carbocycles. The molecule has 1 amide bonds. The van der Waals surface area contributed by atoms with Gasteiger partial charge in [0.25, 0.3) is 0 Å². The van der Waals surface area contributed by atoms with E-state index in [1.54, 1.807) is 13.0 Å². The number of aromatic hydroxyl groups is 1. The lowest BCUT2D eigenvalue weighted by molar-refractivity contribution is -0.133. The molecule has 2 heterocycles. The van der Waals surface area contributed by atoms with Crippen molar-refractivity contribution in [2.45, 2.75) is 39.0 Å². The Balaban J connectivity index is 1.65. The van der Waals surface area contributed by atoms with Gasteiger partial charge in [-0.1, -0.05) is 12.1 Å². The number of carboxylic acids is 1. The molecule has 0 radical (unpaired) electrons. The molecular weight excluding hydrogens is 352 g/mol. The standard InChI is InChI=1S/C18H20N4O5/c1-10(17(24)20-13-5-3-2-4-12(13)18(25)26)8-15-21-16(22-27-15)14-7-6-11(23)9-19-14/h6-7,9-10,23H,2-5,8H2,1H3,(H,20,24)(H,25,26)/t10-/m0/s1. The minimum Gasteiger partial charge on any atom is -0.506 e. The Kier molecular flexibility index (Phi) is 5.49. The maximum absolute atomic E-state index is 12.4. The first kappa shape index (κ1) is 18.6. The van der Waals surface area contributed by atoms with Crippen LogP contribution in [-0.2, 0) is 16.0 Å². The summed E-state index contributed by atoms with van der Waals surface area (Å²) in [6, 6.07) is 3.02. The van der Waals surface area contributed by atoms with Crippen LogP contribution in [0.2, 0.25) is 0 Å². The van der Waals surface area contributed by atoms with Crippen LogP contribution < -0.4 is 5.32 Å². The van der Waals surface area contributed by atoms with Gasteiger partial charge in [-0.2, -0.15) is 4.98 Å². The minimum absolute atomic E-state index is 0.0329. The Labute approximate surface area is 155 Å². The van der Waals surface area contributed by atoms with Gasteiger partial charge >= 0.3 is 5.97 Å². The molecule has 2 aromatic rings. The topological polar surface area (TPSA) is 138 Å². The second kappa shape index (κ2) is 7.98. The van der Waals surface area contributed by atoms with Crippen molar-refractivity contribution >= 4 is 11.9 Å². The van der Waals surface area contributed by atoms with Crippen molar-refractivity contribution < 1.29 is 24.3 Å². The number of nitrogens with zero attached hydrogens (tertiary/aromatic N) is 3. The summed E-state index contributed by atoms with van der Waals surface area (Å²) >= 11 is 0. The predicted octanol–water partition coefficient (Wildman–Crippen LogP) is 2.04. The normalized spacial score (nSPS) is 15.4. The third-order valence-electron chi connectivity index (χ3n) is 4.37. The molecule has 0 saturated heterocycles. The van der Waals surface area contributed by atoms with Crippen LogP contribution in [0.25, 0.3) is 11.5 Å². The highest BCUT2D eigenvalue weighted by molar-refractivity contribution is 5.89. The Hall–Kier alpha value is -3.23. The number of aromatic nitrogens is 3. The smallest absolute Gasteiger partial charge is 0.333 e. The fourth-order valence-electron chi connectivity index (χ4n) is 2.87. The van der Waals surface area contributed by atoms with Gasteiger partial charge in [-0.25, -0.2) is 9.78 Å². The lowest BCUT2D eigenvalue weighted by Crippen LogP contribution is -2.32.